The molecule has 0 radical (unpaired) electrons. The number of rotatable bonds is 7. The molecule has 1 aliphatic heterocycles. The Balaban J connectivity index is 1.64. The van der Waals surface area contributed by atoms with E-state index in [9.17, 15) is 29.4 Å². The first-order valence-electron chi connectivity index (χ1n) is 10.9. The van der Waals surface area contributed by atoms with Crippen LogP contribution in [-0.2, 0) is 19.2 Å². The minimum absolute atomic E-state index is 0.297. The van der Waals surface area contributed by atoms with Crippen molar-refractivity contribution in [1.82, 2.24) is 9.88 Å². The first-order valence-corrected chi connectivity index (χ1v) is 10.9. The summed E-state index contributed by atoms with van der Waals surface area (Å²) in [7, 11) is 0. The number of aliphatic carboxylic acids is 2. The second-order valence-electron chi connectivity index (χ2n) is 8.53. The molecule has 1 aromatic heterocycles. The lowest BCUT2D eigenvalue weighted by molar-refractivity contribution is -0.146. The molecule has 2 aromatic rings. The molecule has 0 spiro atoms. The van der Waals surface area contributed by atoms with E-state index in [2.05, 4.69) is 10.3 Å². The number of allylic oxidation sites excluding steroid dienone is 2. The van der Waals surface area contributed by atoms with E-state index in [0.717, 1.165) is 0 Å². The summed E-state index contributed by atoms with van der Waals surface area (Å²) in [5, 5.41) is 22.8. The molecule has 2 heterocycles. The van der Waals surface area contributed by atoms with Crippen LogP contribution in [0.5, 0.6) is 0 Å². The molecule has 1 aliphatic carbocycles. The third-order valence-electron chi connectivity index (χ3n) is 6.55. The van der Waals surface area contributed by atoms with Crippen LogP contribution >= 0.6 is 0 Å². The summed E-state index contributed by atoms with van der Waals surface area (Å²) >= 11 is 0. The molecular formula is C23H26N4O6. The van der Waals surface area contributed by atoms with Crippen LogP contribution in [0.15, 0.2) is 36.5 Å². The van der Waals surface area contributed by atoms with Gasteiger partial charge in [0.1, 0.15) is 6.04 Å². The topological polar surface area (TPSA) is 166 Å². The average molecular weight is 454 g/mol. The predicted octanol–water partition coefficient (Wildman–Crippen LogP) is 1.85. The Kier molecular flexibility index (Phi) is 6.19. The molecule has 2 amide bonds. The molecule has 0 saturated carbocycles. The van der Waals surface area contributed by atoms with E-state index in [0.29, 0.717) is 54.4 Å². The van der Waals surface area contributed by atoms with Crippen molar-refractivity contribution in [2.24, 2.45) is 17.6 Å². The maximum absolute atomic E-state index is 12.8. The number of anilines is 1. The molecule has 1 saturated heterocycles. The molecule has 0 bridgehead atoms. The number of hydrogen-bond donors (Lipinski definition) is 5. The lowest BCUT2D eigenvalue weighted by atomic mass is 9.82. The van der Waals surface area contributed by atoms with Crippen LogP contribution in [0.4, 0.5) is 5.69 Å². The van der Waals surface area contributed by atoms with Crippen LogP contribution in [0.25, 0.3) is 10.9 Å². The number of amides is 2. The smallest absolute Gasteiger partial charge is 0.325 e. The number of benzene rings is 1. The highest BCUT2D eigenvalue weighted by atomic mass is 16.4. The SMILES string of the molecule is NC(=O)[C@@H]1CCCN1[C@@H](C(=O)O)c1c[nH]c2ccc(NC(=O)[C@@H]3CC=CC[C@H]3C(=O)O)cc12. The molecule has 0 unspecified atom stereocenters. The van der Waals surface area contributed by atoms with Gasteiger partial charge in [0.15, 0.2) is 0 Å². The first kappa shape index (κ1) is 22.5. The molecule has 10 heteroatoms. The number of nitrogens with zero attached hydrogens (tertiary/aromatic N) is 1. The van der Waals surface area contributed by atoms with Crippen molar-refractivity contribution in [2.45, 2.75) is 37.8 Å². The van der Waals surface area contributed by atoms with Crippen molar-refractivity contribution in [3.8, 4) is 0 Å². The largest absolute Gasteiger partial charge is 0.481 e. The van der Waals surface area contributed by atoms with Crippen molar-refractivity contribution in [1.29, 1.82) is 0 Å². The van der Waals surface area contributed by atoms with Gasteiger partial charge in [0.25, 0.3) is 0 Å². The summed E-state index contributed by atoms with van der Waals surface area (Å²) in [5.41, 5.74) is 7.07. The molecule has 1 fully saturated rings. The number of carboxylic acid groups (broad SMARTS) is 2. The molecule has 4 atom stereocenters. The lowest BCUT2D eigenvalue weighted by Crippen LogP contribution is -2.44. The maximum Gasteiger partial charge on any atom is 0.325 e. The molecule has 4 rings (SSSR count). The molecule has 6 N–H and O–H groups in total. The number of fused-ring (bicyclic) bond motifs is 1. The molecule has 33 heavy (non-hydrogen) atoms. The van der Waals surface area contributed by atoms with Crippen LogP contribution in [0.1, 0.15) is 37.3 Å². The molecule has 1 aromatic carbocycles. The van der Waals surface area contributed by atoms with Crippen LogP contribution in [0.2, 0.25) is 0 Å². The number of H-pyrrole nitrogens is 1. The van der Waals surface area contributed by atoms with E-state index in [1.165, 1.54) is 0 Å². The summed E-state index contributed by atoms with van der Waals surface area (Å²) in [6, 6.07) is 3.32. The van der Waals surface area contributed by atoms with Gasteiger partial charge in [0, 0.05) is 34.9 Å². The first-order chi connectivity index (χ1) is 15.8. The minimum atomic E-state index is -1.10. The normalized spacial score (nSPS) is 23.9. The summed E-state index contributed by atoms with van der Waals surface area (Å²) in [6.45, 7) is 0.430. The third kappa shape index (κ3) is 4.34. The number of carbonyl (C=O) groups is 4. The fourth-order valence-corrected chi connectivity index (χ4v) is 4.92. The summed E-state index contributed by atoms with van der Waals surface area (Å²) in [4.78, 5) is 53.1. The summed E-state index contributed by atoms with van der Waals surface area (Å²) in [6.07, 6.45) is 6.98. The number of aromatic nitrogens is 1. The number of nitrogens with one attached hydrogen (secondary N) is 2. The van der Waals surface area contributed by atoms with Gasteiger partial charge in [0.05, 0.1) is 17.9 Å². The van der Waals surface area contributed by atoms with Gasteiger partial charge < -0.3 is 26.2 Å². The van der Waals surface area contributed by atoms with E-state index >= 15 is 0 Å². The summed E-state index contributed by atoms with van der Waals surface area (Å²) < 4.78 is 0. The van der Waals surface area contributed by atoms with E-state index in [4.69, 9.17) is 5.73 Å². The number of nitrogens with two attached hydrogens (primary N) is 1. The highest BCUT2D eigenvalue weighted by Gasteiger charge is 2.40. The number of primary amides is 1. The van der Waals surface area contributed by atoms with Gasteiger partial charge in [-0.05, 0) is 43.9 Å². The predicted molar refractivity (Wildman–Crippen MR) is 119 cm³/mol. The number of likely N-dealkylation sites (tertiary alicyclic amines) is 1. The second-order valence-corrected chi connectivity index (χ2v) is 8.53. The van der Waals surface area contributed by atoms with Crippen LogP contribution in [-0.4, -0.2) is 56.4 Å². The molecular weight excluding hydrogens is 428 g/mol. The number of carbonyl (C=O) groups excluding carboxylic acids is 2. The Bertz CT molecular complexity index is 1140. The third-order valence-corrected chi connectivity index (χ3v) is 6.55. The van der Waals surface area contributed by atoms with Gasteiger partial charge in [-0.1, -0.05) is 12.2 Å². The molecule has 174 valence electrons. The zero-order chi connectivity index (χ0) is 23.7. The van der Waals surface area contributed by atoms with Crippen molar-refractivity contribution in [2.75, 3.05) is 11.9 Å². The van der Waals surface area contributed by atoms with Crippen LogP contribution in [0, 0.1) is 11.8 Å². The minimum Gasteiger partial charge on any atom is -0.481 e. The molecule has 10 nitrogen and oxygen atoms in total. The average Bonchev–Trinajstić information content (AvgIpc) is 3.42. The Morgan fingerprint density at radius 3 is 2.52 bits per heavy atom. The van der Waals surface area contributed by atoms with E-state index in [1.807, 2.05) is 0 Å². The fourth-order valence-electron chi connectivity index (χ4n) is 4.92. The number of carboxylic acids is 2. The zero-order valence-electron chi connectivity index (χ0n) is 17.9. The Morgan fingerprint density at radius 1 is 1.12 bits per heavy atom. The van der Waals surface area contributed by atoms with E-state index < -0.39 is 47.7 Å². The van der Waals surface area contributed by atoms with Gasteiger partial charge in [-0.2, -0.15) is 0 Å². The van der Waals surface area contributed by atoms with Gasteiger partial charge >= 0.3 is 11.9 Å². The van der Waals surface area contributed by atoms with Crippen molar-refractivity contribution >= 4 is 40.3 Å². The van der Waals surface area contributed by atoms with Crippen molar-refractivity contribution in [3.63, 3.8) is 0 Å². The lowest BCUT2D eigenvalue weighted by Gasteiger charge is -2.28. The maximum atomic E-state index is 12.8. The monoisotopic (exact) mass is 454 g/mol. The van der Waals surface area contributed by atoms with E-state index in [1.54, 1.807) is 41.4 Å². The Labute approximate surface area is 189 Å². The van der Waals surface area contributed by atoms with Crippen LogP contribution < -0.4 is 11.1 Å². The number of hydrogen-bond acceptors (Lipinski definition) is 5. The summed E-state index contributed by atoms with van der Waals surface area (Å²) in [5.74, 6) is -4.55. The van der Waals surface area contributed by atoms with Gasteiger partial charge in [-0.25, -0.2) is 0 Å². The van der Waals surface area contributed by atoms with Gasteiger partial charge in [0.2, 0.25) is 11.8 Å². The van der Waals surface area contributed by atoms with Crippen LogP contribution in [0.3, 0.4) is 0 Å². The highest BCUT2D eigenvalue weighted by Crippen LogP contribution is 2.35. The molecule has 2 aliphatic rings. The highest BCUT2D eigenvalue weighted by molar-refractivity contribution is 5.98. The van der Waals surface area contributed by atoms with Crippen molar-refractivity contribution < 1.29 is 29.4 Å². The van der Waals surface area contributed by atoms with Gasteiger partial charge in [-0.3, -0.25) is 24.1 Å². The Hall–Kier alpha value is -3.66. The standard InChI is InChI=1S/C23H26N4O6/c24-20(28)18-6-3-9-27(18)19(23(32)33)16-11-25-17-8-7-12(10-15(16)17)26-21(29)13-4-1-2-5-14(13)22(30)31/h1-2,7-8,10-11,13-14,18-19,25H,3-6,9H2,(H2,24,28)(H,26,29)(H,30,31)(H,32,33)/t13-,14-,18+,19-/m1/s1. The quantitative estimate of drug-likeness (QED) is 0.398. The fraction of sp³-hybridized carbons (Fsp3) is 0.391. The Morgan fingerprint density at radius 2 is 1.85 bits per heavy atom. The van der Waals surface area contributed by atoms with Gasteiger partial charge in [-0.15, -0.1) is 0 Å². The second kappa shape index (κ2) is 9.07. The van der Waals surface area contributed by atoms with Crippen molar-refractivity contribution in [3.05, 3.63) is 42.1 Å². The number of aromatic amines is 1. The van der Waals surface area contributed by atoms with E-state index in [-0.39, 0.29) is 0 Å². The zero-order valence-corrected chi connectivity index (χ0v) is 17.9.